The molecular formula is C26H21N3O5. The van der Waals surface area contributed by atoms with Crippen molar-refractivity contribution in [3.63, 3.8) is 0 Å². The molecule has 170 valence electrons. The van der Waals surface area contributed by atoms with Gasteiger partial charge in [-0.25, -0.2) is 4.73 Å². The van der Waals surface area contributed by atoms with Crippen molar-refractivity contribution >= 4 is 17.8 Å². The van der Waals surface area contributed by atoms with Crippen LogP contribution < -0.4 is 14.2 Å². The number of nitrogens with zero attached hydrogens (tertiary/aromatic N) is 3. The molecule has 3 aromatic carbocycles. The zero-order valence-electron chi connectivity index (χ0n) is 18.3. The molecule has 8 heteroatoms. The Labute approximate surface area is 196 Å². The summed E-state index contributed by atoms with van der Waals surface area (Å²) in [5, 5.41) is 24.0. The van der Waals surface area contributed by atoms with Crippen molar-refractivity contribution < 1.29 is 19.1 Å². The molecule has 0 radical (unpaired) electrons. The fourth-order valence-corrected chi connectivity index (χ4v) is 3.33. The summed E-state index contributed by atoms with van der Waals surface area (Å²) >= 11 is 0. The molecule has 0 atom stereocenters. The Hall–Kier alpha value is -4.72. The molecule has 0 amide bonds. The third-order valence-electron chi connectivity index (χ3n) is 5.06. The zero-order chi connectivity index (χ0) is 23.9. The number of rotatable bonds is 8. The normalized spacial score (nSPS) is 10.9. The van der Waals surface area contributed by atoms with E-state index in [1.54, 1.807) is 37.5 Å². The highest BCUT2D eigenvalue weighted by Crippen LogP contribution is 2.29. The predicted molar refractivity (Wildman–Crippen MR) is 128 cm³/mol. The maximum Gasteiger partial charge on any atom is 0.333 e. The lowest BCUT2D eigenvalue weighted by molar-refractivity contribution is -0.598. The van der Waals surface area contributed by atoms with Gasteiger partial charge in [0.05, 0.1) is 17.6 Å². The van der Waals surface area contributed by atoms with Crippen molar-refractivity contribution in [2.75, 3.05) is 7.11 Å². The summed E-state index contributed by atoms with van der Waals surface area (Å²) in [6, 6.07) is 22.7. The van der Waals surface area contributed by atoms with E-state index >= 15 is 0 Å². The lowest BCUT2D eigenvalue weighted by Gasteiger charge is -2.12. The Kier molecular flexibility index (Phi) is 6.78. The number of aromatic nitrogens is 2. The fraction of sp³-hybridized carbons (Fsp3) is 0.0769. The van der Waals surface area contributed by atoms with Crippen LogP contribution in [0.2, 0.25) is 0 Å². The SMILES string of the molecule is COc1ccc(/C=C/c2ccnc(-c3cccc([N+](=O)[O-])c3)[n+]2[O-])cc1OCc1ccccc1. The molecule has 0 fully saturated rings. The minimum atomic E-state index is -0.510. The van der Waals surface area contributed by atoms with Crippen molar-refractivity contribution in [2.24, 2.45) is 0 Å². The largest absolute Gasteiger partial charge is 0.710 e. The minimum Gasteiger partial charge on any atom is -0.710 e. The van der Waals surface area contributed by atoms with Gasteiger partial charge in [-0.05, 0) is 40.4 Å². The Morgan fingerprint density at radius 2 is 1.79 bits per heavy atom. The molecule has 0 N–H and O–H groups in total. The Balaban J connectivity index is 1.58. The molecule has 4 aromatic rings. The van der Waals surface area contributed by atoms with Crippen LogP contribution in [0.1, 0.15) is 16.8 Å². The van der Waals surface area contributed by atoms with E-state index in [0.717, 1.165) is 11.1 Å². The number of methoxy groups -OCH3 is 1. The Morgan fingerprint density at radius 1 is 0.971 bits per heavy atom. The number of non-ortho nitro benzene ring substituents is 1. The summed E-state index contributed by atoms with van der Waals surface area (Å²) in [4.78, 5) is 14.7. The second-order valence-electron chi connectivity index (χ2n) is 7.31. The van der Waals surface area contributed by atoms with Gasteiger partial charge in [0.2, 0.25) is 0 Å². The highest BCUT2D eigenvalue weighted by molar-refractivity contribution is 5.69. The van der Waals surface area contributed by atoms with Crippen molar-refractivity contribution in [1.29, 1.82) is 0 Å². The number of nitro benzene ring substituents is 1. The summed E-state index contributed by atoms with van der Waals surface area (Å²) in [5.74, 6) is 1.26. The maximum absolute atomic E-state index is 12.9. The van der Waals surface area contributed by atoms with E-state index in [-0.39, 0.29) is 11.5 Å². The summed E-state index contributed by atoms with van der Waals surface area (Å²) in [5.41, 5.74) is 2.42. The van der Waals surface area contributed by atoms with E-state index in [4.69, 9.17) is 9.47 Å². The summed E-state index contributed by atoms with van der Waals surface area (Å²) in [6.07, 6.45) is 4.92. The molecule has 0 saturated carbocycles. The third-order valence-corrected chi connectivity index (χ3v) is 5.06. The highest BCUT2D eigenvalue weighted by Gasteiger charge is 2.16. The lowest BCUT2D eigenvalue weighted by Crippen LogP contribution is -2.33. The summed E-state index contributed by atoms with van der Waals surface area (Å²) < 4.78 is 12.0. The van der Waals surface area contributed by atoms with Crippen LogP contribution in [0, 0.1) is 15.3 Å². The average Bonchev–Trinajstić information content (AvgIpc) is 2.87. The van der Waals surface area contributed by atoms with Crippen LogP contribution >= 0.6 is 0 Å². The van der Waals surface area contributed by atoms with Gasteiger partial charge in [-0.2, -0.15) is 0 Å². The van der Waals surface area contributed by atoms with Gasteiger partial charge < -0.3 is 14.7 Å². The van der Waals surface area contributed by atoms with E-state index in [9.17, 15) is 15.3 Å². The van der Waals surface area contributed by atoms with Crippen LogP contribution in [0.15, 0.2) is 85.1 Å². The topological polar surface area (TPSA) is 101 Å². The third kappa shape index (κ3) is 5.18. The molecule has 0 saturated heterocycles. The second kappa shape index (κ2) is 10.3. The average molecular weight is 455 g/mol. The van der Waals surface area contributed by atoms with E-state index in [1.807, 2.05) is 42.5 Å². The zero-order valence-corrected chi connectivity index (χ0v) is 18.3. The van der Waals surface area contributed by atoms with Gasteiger partial charge in [0.15, 0.2) is 11.5 Å². The van der Waals surface area contributed by atoms with Gasteiger partial charge in [-0.15, -0.1) is 0 Å². The van der Waals surface area contributed by atoms with Crippen LogP contribution in [-0.2, 0) is 6.61 Å². The molecule has 0 spiro atoms. The van der Waals surface area contributed by atoms with Gasteiger partial charge in [-0.3, -0.25) is 10.1 Å². The fourth-order valence-electron chi connectivity index (χ4n) is 3.33. The number of ether oxygens (including phenoxy) is 2. The van der Waals surface area contributed by atoms with Crippen LogP contribution in [0.3, 0.4) is 0 Å². The van der Waals surface area contributed by atoms with Crippen molar-refractivity contribution in [1.82, 2.24) is 4.98 Å². The molecule has 0 aliphatic rings. The number of hydrogen-bond acceptors (Lipinski definition) is 6. The first-order valence-electron chi connectivity index (χ1n) is 10.4. The Bertz CT molecular complexity index is 1340. The number of hydrogen-bond donors (Lipinski definition) is 0. The number of nitro groups is 1. The molecule has 4 rings (SSSR count). The highest BCUT2D eigenvalue weighted by atomic mass is 16.6. The Morgan fingerprint density at radius 3 is 2.56 bits per heavy atom. The first-order valence-corrected chi connectivity index (χ1v) is 10.4. The monoisotopic (exact) mass is 455 g/mol. The molecule has 0 aliphatic heterocycles. The first-order chi connectivity index (χ1) is 16.5. The molecular weight excluding hydrogens is 434 g/mol. The molecule has 0 unspecified atom stereocenters. The molecule has 8 nitrogen and oxygen atoms in total. The lowest BCUT2D eigenvalue weighted by atomic mass is 10.1. The van der Waals surface area contributed by atoms with E-state index < -0.39 is 4.92 Å². The maximum atomic E-state index is 12.9. The molecule has 0 aliphatic carbocycles. The van der Waals surface area contributed by atoms with Crippen LogP contribution in [0.25, 0.3) is 23.5 Å². The quantitative estimate of drug-likeness (QED) is 0.159. The van der Waals surface area contributed by atoms with Gasteiger partial charge in [0, 0.05) is 18.2 Å². The van der Waals surface area contributed by atoms with Crippen molar-refractivity contribution in [2.45, 2.75) is 6.61 Å². The van der Waals surface area contributed by atoms with Crippen LogP contribution in [0.4, 0.5) is 5.69 Å². The summed E-state index contributed by atoms with van der Waals surface area (Å²) in [6.45, 7) is 0.391. The van der Waals surface area contributed by atoms with Gasteiger partial charge in [0.1, 0.15) is 18.5 Å². The van der Waals surface area contributed by atoms with Gasteiger partial charge >= 0.3 is 5.82 Å². The van der Waals surface area contributed by atoms with Crippen molar-refractivity contribution in [3.8, 4) is 22.9 Å². The standard InChI is InChI=1S/C26H21N3O5/c1-33-24-13-11-19(16-25(24)34-18-20-6-3-2-4-7-20)10-12-22-14-15-27-26(28(22)30)21-8-5-9-23(17-21)29(31)32/h2-17H,18H2,1H3/b12-10+. The van der Waals surface area contributed by atoms with Crippen molar-refractivity contribution in [3.05, 3.63) is 117 Å². The minimum absolute atomic E-state index is 0.0764. The molecule has 1 aromatic heterocycles. The van der Waals surface area contributed by atoms with Gasteiger partial charge in [-0.1, -0.05) is 48.5 Å². The van der Waals surface area contributed by atoms with E-state index in [1.165, 1.54) is 24.4 Å². The molecule has 0 bridgehead atoms. The smallest absolute Gasteiger partial charge is 0.333 e. The number of benzene rings is 3. The second-order valence-corrected chi connectivity index (χ2v) is 7.31. The van der Waals surface area contributed by atoms with E-state index in [2.05, 4.69) is 4.98 Å². The van der Waals surface area contributed by atoms with Gasteiger partial charge in [0.25, 0.3) is 5.69 Å². The van der Waals surface area contributed by atoms with E-state index in [0.29, 0.717) is 34.1 Å². The van der Waals surface area contributed by atoms with Crippen LogP contribution in [0.5, 0.6) is 11.5 Å². The first kappa shape index (κ1) is 22.5. The predicted octanol–water partition coefficient (Wildman–Crippen LogP) is 5.05. The molecule has 1 heterocycles. The summed E-state index contributed by atoms with van der Waals surface area (Å²) in [7, 11) is 1.58. The molecule has 34 heavy (non-hydrogen) atoms. The van der Waals surface area contributed by atoms with Crippen LogP contribution in [-0.4, -0.2) is 17.0 Å².